The fourth-order valence-electron chi connectivity index (χ4n) is 0.996. The minimum absolute atomic E-state index is 0. The predicted octanol–water partition coefficient (Wildman–Crippen LogP) is 3.30. The molecule has 0 fully saturated rings. The summed E-state index contributed by atoms with van der Waals surface area (Å²) in [6, 6.07) is 0. The van der Waals surface area contributed by atoms with Crippen LogP contribution in [0.15, 0.2) is 0 Å². The number of hydrogen-bond donors (Lipinski definition) is 0. The van der Waals surface area contributed by atoms with Crippen LogP contribution in [0.4, 0.5) is 0 Å². The molecule has 1 unspecified atom stereocenters. The first-order valence-electron chi connectivity index (χ1n) is 4.40. The third-order valence-electron chi connectivity index (χ3n) is 1.66. The van der Waals surface area contributed by atoms with Gasteiger partial charge in [0, 0.05) is 16.5 Å². The van der Waals surface area contributed by atoms with E-state index in [1.165, 1.54) is 32.1 Å². The standard InChI is InChI=1S/C8H18O2P.Ni/c1-2-3-4-5-6-7-8-10-11-9;/h11H,2-8H2,1H3;/q+1;. The zero-order valence-electron chi connectivity index (χ0n) is 7.58. The van der Waals surface area contributed by atoms with Gasteiger partial charge in [0.25, 0.3) is 0 Å². The Kier molecular flexibility index (Phi) is 17.7. The van der Waals surface area contributed by atoms with Crippen LogP contribution in [0.3, 0.4) is 0 Å². The van der Waals surface area contributed by atoms with Crippen LogP contribution in [0.2, 0.25) is 0 Å². The van der Waals surface area contributed by atoms with Crippen molar-refractivity contribution in [2.24, 2.45) is 0 Å². The van der Waals surface area contributed by atoms with Crippen LogP contribution in [0.25, 0.3) is 0 Å². The number of rotatable bonds is 8. The van der Waals surface area contributed by atoms with Crippen LogP contribution in [-0.4, -0.2) is 6.61 Å². The topological polar surface area (TPSA) is 26.3 Å². The first kappa shape index (κ1) is 15.0. The van der Waals surface area contributed by atoms with E-state index >= 15 is 0 Å². The molecule has 0 rings (SSSR count). The third-order valence-corrected chi connectivity index (χ3v) is 1.98. The van der Waals surface area contributed by atoms with E-state index in [1.54, 1.807) is 0 Å². The van der Waals surface area contributed by atoms with Gasteiger partial charge in [-0.2, -0.15) is 0 Å². The molecule has 0 saturated heterocycles. The van der Waals surface area contributed by atoms with Crippen LogP contribution in [0, 0.1) is 0 Å². The normalized spacial score (nSPS) is 9.75. The van der Waals surface area contributed by atoms with Gasteiger partial charge in [0.2, 0.25) is 0 Å². The fourth-order valence-corrected chi connectivity index (χ4v) is 1.22. The van der Waals surface area contributed by atoms with Crippen molar-refractivity contribution in [3.05, 3.63) is 0 Å². The van der Waals surface area contributed by atoms with Crippen LogP contribution < -0.4 is 0 Å². The Morgan fingerprint density at radius 2 is 1.67 bits per heavy atom. The van der Waals surface area contributed by atoms with Gasteiger partial charge in [-0.05, 0) is 11.0 Å². The van der Waals surface area contributed by atoms with Crippen LogP contribution >= 0.6 is 8.69 Å². The van der Waals surface area contributed by atoms with E-state index in [4.69, 9.17) is 4.52 Å². The molecule has 0 heterocycles. The Bertz CT molecular complexity index is 91.1. The van der Waals surface area contributed by atoms with Gasteiger partial charge >= 0.3 is 8.69 Å². The summed E-state index contributed by atoms with van der Waals surface area (Å²) in [7, 11) is -0.580. The molecule has 0 spiro atoms. The van der Waals surface area contributed by atoms with Crippen molar-refractivity contribution in [1.29, 1.82) is 0 Å². The third kappa shape index (κ3) is 13.2. The van der Waals surface area contributed by atoms with Crippen molar-refractivity contribution in [3.8, 4) is 0 Å². The SMILES string of the molecule is CCCCCCCCO[PH+]=O.[Ni]. The van der Waals surface area contributed by atoms with Crippen LogP contribution in [0.1, 0.15) is 45.4 Å². The Balaban J connectivity index is 0. The second-order valence-corrected chi connectivity index (χ2v) is 3.15. The maximum Gasteiger partial charge on any atom is 0.494 e. The number of hydrogen-bond acceptors (Lipinski definition) is 2. The quantitative estimate of drug-likeness (QED) is 0.367. The molecule has 0 aliphatic rings. The summed E-state index contributed by atoms with van der Waals surface area (Å²) in [5.41, 5.74) is 0. The maximum absolute atomic E-state index is 9.87. The second kappa shape index (κ2) is 14.1. The van der Waals surface area contributed by atoms with E-state index in [0.717, 1.165) is 6.42 Å². The van der Waals surface area contributed by atoms with Gasteiger partial charge in [-0.3, -0.25) is 0 Å². The van der Waals surface area contributed by atoms with Gasteiger partial charge in [-0.15, -0.1) is 4.52 Å². The zero-order chi connectivity index (χ0) is 8.36. The largest absolute Gasteiger partial charge is 0.494 e. The maximum atomic E-state index is 9.87. The average Bonchev–Trinajstić information content (AvgIpc) is 2.03. The molecule has 4 heteroatoms. The Morgan fingerprint density at radius 3 is 2.25 bits per heavy atom. The molecular formula is C8H18NiO2P+. The molecule has 0 aromatic heterocycles. The molecule has 0 radical (unpaired) electrons. The first-order chi connectivity index (χ1) is 5.41. The van der Waals surface area contributed by atoms with E-state index in [9.17, 15) is 4.57 Å². The minimum atomic E-state index is -0.580. The summed E-state index contributed by atoms with van der Waals surface area (Å²) in [6.45, 7) is 2.87. The van der Waals surface area contributed by atoms with Crippen molar-refractivity contribution >= 4 is 8.69 Å². The zero-order valence-corrected chi connectivity index (χ0v) is 9.57. The molecule has 2 nitrogen and oxygen atoms in total. The summed E-state index contributed by atoms with van der Waals surface area (Å²) in [6.07, 6.45) is 7.52. The second-order valence-electron chi connectivity index (χ2n) is 2.70. The van der Waals surface area contributed by atoms with Crippen molar-refractivity contribution in [2.75, 3.05) is 6.61 Å². The Hall–Kier alpha value is 0.554. The van der Waals surface area contributed by atoms with Crippen LogP contribution in [-0.2, 0) is 25.6 Å². The molecule has 0 N–H and O–H groups in total. The van der Waals surface area contributed by atoms with Gasteiger partial charge < -0.3 is 0 Å². The summed E-state index contributed by atoms with van der Waals surface area (Å²) >= 11 is 0. The molecule has 0 aliphatic heterocycles. The molecule has 0 amide bonds. The fraction of sp³-hybridized carbons (Fsp3) is 1.00. The van der Waals surface area contributed by atoms with Crippen LogP contribution in [0.5, 0.6) is 0 Å². The Labute approximate surface area is 86.7 Å². The van der Waals surface area contributed by atoms with Crippen molar-refractivity contribution in [3.63, 3.8) is 0 Å². The summed E-state index contributed by atoms with van der Waals surface area (Å²) in [4.78, 5) is 0. The predicted molar refractivity (Wildman–Crippen MR) is 48.3 cm³/mol. The summed E-state index contributed by atoms with van der Waals surface area (Å²) in [5.74, 6) is 0. The molecule has 0 bridgehead atoms. The average molecular weight is 236 g/mol. The molecule has 12 heavy (non-hydrogen) atoms. The van der Waals surface area contributed by atoms with Gasteiger partial charge in [-0.25, -0.2) is 0 Å². The van der Waals surface area contributed by atoms with E-state index in [-0.39, 0.29) is 16.5 Å². The molecular weight excluding hydrogens is 218 g/mol. The van der Waals surface area contributed by atoms with Gasteiger partial charge in [-0.1, -0.05) is 39.0 Å². The molecule has 0 saturated carbocycles. The smallest absolute Gasteiger partial charge is 0.148 e. The molecule has 0 aliphatic carbocycles. The van der Waals surface area contributed by atoms with Crippen molar-refractivity contribution in [2.45, 2.75) is 45.4 Å². The summed E-state index contributed by atoms with van der Waals surface area (Å²) in [5, 5.41) is 0. The van der Waals surface area contributed by atoms with E-state index in [1.807, 2.05) is 0 Å². The molecule has 76 valence electrons. The van der Waals surface area contributed by atoms with Gasteiger partial charge in [0.1, 0.15) is 6.61 Å². The minimum Gasteiger partial charge on any atom is -0.148 e. The Morgan fingerprint density at radius 1 is 1.08 bits per heavy atom. The van der Waals surface area contributed by atoms with Crippen molar-refractivity contribution in [1.82, 2.24) is 0 Å². The monoisotopic (exact) mass is 235 g/mol. The molecule has 0 aromatic carbocycles. The number of unbranched alkanes of at least 4 members (excludes halogenated alkanes) is 5. The van der Waals surface area contributed by atoms with Crippen molar-refractivity contribution < 1.29 is 25.6 Å². The summed E-state index contributed by atoms with van der Waals surface area (Å²) < 4.78 is 14.6. The molecule has 0 aromatic rings. The van der Waals surface area contributed by atoms with Gasteiger partial charge in [0.05, 0.1) is 0 Å². The first-order valence-corrected chi connectivity index (χ1v) is 5.22. The van der Waals surface area contributed by atoms with E-state index in [0.29, 0.717) is 6.61 Å². The molecule has 1 atom stereocenters. The van der Waals surface area contributed by atoms with Gasteiger partial charge in [0.15, 0.2) is 0 Å². The van der Waals surface area contributed by atoms with E-state index < -0.39 is 8.69 Å². The van der Waals surface area contributed by atoms with E-state index in [2.05, 4.69) is 6.92 Å².